The summed E-state index contributed by atoms with van der Waals surface area (Å²) in [5.74, 6) is 5.19. The lowest BCUT2D eigenvalue weighted by Crippen LogP contribution is -2.28. The fourth-order valence-corrected chi connectivity index (χ4v) is 3.09. The Kier molecular flexibility index (Phi) is 5.43. The number of nitrogen functional groups attached to an aromatic ring is 1. The highest BCUT2D eigenvalue weighted by Crippen LogP contribution is 2.32. The molecule has 9 heteroatoms. The number of hydrogen-bond acceptors (Lipinski definition) is 6. The quantitative estimate of drug-likeness (QED) is 0.445. The second-order valence-electron chi connectivity index (χ2n) is 4.23. The van der Waals surface area contributed by atoms with Crippen molar-refractivity contribution in [2.24, 2.45) is 5.84 Å². The topological polar surface area (TPSA) is 119 Å². The molecule has 0 spiro atoms. The van der Waals surface area contributed by atoms with Crippen molar-refractivity contribution in [2.75, 3.05) is 19.0 Å². The average molecular weight is 302 g/mol. The third-order valence-electron chi connectivity index (χ3n) is 2.85. The van der Waals surface area contributed by atoms with Gasteiger partial charge in [0.25, 0.3) is 0 Å². The Labute approximate surface area is 117 Å². The van der Waals surface area contributed by atoms with Crippen LogP contribution in [0, 0.1) is 10.1 Å². The molecule has 0 amide bonds. The predicted molar refractivity (Wildman–Crippen MR) is 75.6 cm³/mol. The number of hydrogen-bond donors (Lipinski definition) is 2. The molecule has 0 aromatic heterocycles. The number of nitrogens with one attached hydrogen (secondary N) is 1. The van der Waals surface area contributed by atoms with Crippen LogP contribution in [0.1, 0.15) is 19.8 Å². The van der Waals surface area contributed by atoms with Crippen molar-refractivity contribution in [2.45, 2.75) is 24.7 Å². The molecule has 112 valence electrons. The lowest BCUT2D eigenvalue weighted by Gasteiger charge is -2.17. The average Bonchev–Trinajstić information content (AvgIpc) is 2.43. The second kappa shape index (κ2) is 6.64. The molecule has 0 aliphatic heterocycles. The largest absolute Gasteiger partial charge is 0.318 e. The molecule has 0 unspecified atom stereocenters. The van der Waals surface area contributed by atoms with Gasteiger partial charge in [-0.05, 0) is 18.6 Å². The minimum atomic E-state index is -3.92. The first kappa shape index (κ1) is 16.3. The van der Waals surface area contributed by atoms with Gasteiger partial charge >= 0.3 is 5.69 Å². The molecule has 0 fully saturated rings. The summed E-state index contributed by atoms with van der Waals surface area (Å²) in [6.07, 6.45) is 1.50. The van der Waals surface area contributed by atoms with Gasteiger partial charge in [-0.3, -0.25) is 16.0 Å². The van der Waals surface area contributed by atoms with Crippen LogP contribution in [-0.4, -0.2) is 31.2 Å². The van der Waals surface area contributed by atoms with Crippen molar-refractivity contribution in [3.8, 4) is 0 Å². The second-order valence-corrected chi connectivity index (χ2v) is 6.25. The first-order chi connectivity index (χ1) is 9.36. The number of para-hydroxylation sites is 1. The Hall–Kier alpha value is -1.71. The number of anilines is 1. The number of nitro groups is 1. The minimum Gasteiger partial charge on any atom is -0.318 e. The molecule has 3 N–H and O–H groups in total. The van der Waals surface area contributed by atoms with Gasteiger partial charge in [0.1, 0.15) is 5.69 Å². The number of nitrogens with two attached hydrogens (primary N) is 1. The summed E-state index contributed by atoms with van der Waals surface area (Å²) in [4.78, 5) is 9.99. The molecule has 20 heavy (non-hydrogen) atoms. The summed E-state index contributed by atoms with van der Waals surface area (Å²) in [6.45, 7) is 2.23. The van der Waals surface area contributed by atoms with Gasteiger partial charge < -0.3 is 5.43 Å². The molecular formula is C11H18N4O4S. The molecule has 0 aliphatic carbocycles. The molecule has 1 aromatic carbocycles. The van der Waals surface area contributed by atoms with Gasteiger partial charge in [0.05, 0.1) is 4.92 Å². The van der Waals surface area contributed by atoms with E-state index in [9.17, 15) is 18.5 Å². The van der Waals surface area contributed by atoms with Crippen LogP contribution in [0.5, 0.6) is 0 Å². The van der Waals surface area contributed by atoms with Gasteiger partial charge in [-0.1, -0.05) is 19.4 Å². The van der Waals surface area contributed by atoms with E-state index in [1.807, 2.05) is 6.92 Å². The molecule has 0 radical (unpaired) electrons. The lowest BCUT2D eigenvalue weighted by molar-refractivity contribution is -0.386. The maximum Gasteiger partial charge on any atom is 0.313 e. The van der Waals surface area contributed by atoms with E-state index in [1.165, 1.54) is 25.2 Å². The summed E-state index contributed by atoms with van der Waals surface area (Å²) in [7, 11) is -2.52. The molecule has 0 atom stereocenters. The third-order valence-corrected chi connectivity index (χ3v) is 4.74. The number of nitrogens with zero attached hydrogens (tertiary/aromatic N) is 2. The fraction of sp³-hybridized carbons (Fsp3) is 0.455. The summed E-state index contributed by atoms with van der Waals surface area (Å²) in [6, 6.07) is 3.96. The van der Waals surface area contributed by atoms with E-state index in [1.54, 1.807) is 0 Å². The number of benzene rings is 1. The van der Waals surface area contributed by atoms with E-state index in [2.05, 4.69) is 5.43 Å². The van der Waals surface area contributed by atoms with E-state index >= 15 is 0 Å². The van der Waals surface area contributed by atoms with Crippen LogP contribution in [0.3, 0.4) is 0 Å². The fourth-order valence-electron chi connectivity index (χ4n) is 1.70. The number of unbranched alkanes of at least 4 members (excludes halogenated alkanes) is 1. The van der Waals surface area contributed by atoms with Gasteiger partial charge in [-0.25, -0.2) is 12.7 Å². The van der Waals surface area contributed by atoms with E-state index in [0.29, 0.717) is 13.0 Å². The number of sulfonamides is 1. The summed E-state index contributed by atoms with van der Waals surface area (Å²) in [5, 5.41) is 11.1. The number of hydrazine groups is 1. The Bertz CT molecular complexity index is 588. The molecule has 1 aromatic rings. The minimum absolute atomic E-state index is 0.0417. The van der Waals surface area contributed by atoms with Crippen molar-refractivity contribution in [1.29, 1.82) is 0 Å². The van der Waals surface area contributed by atoms with Gasteiger partial charge in [-0.15, -0.1) is 0 Å². The van der Waals surface area contributed by atoms with E-state index < -0.39 is 20.6 Å². The van der Waals surface area contributed by atoms with Crippen molar-refractivity contribution >= 4 is 21.4 Å². The molecule has 1 rings (SSSR count). The highest BCUT2D eigenvalue weighted by molar-refractivity contribution is 7.89. The normalized spacial score (nSPS) is 11.6. The maximum absolute atomic E-state index is 12.4. The maximum atomic E-state index is 12.4. The van der Waals surface area contributed by atoms with Gasteiger partial charge in [0, 0.05) is 13.6 Å². The summed E-state index contributed by atoms with van der Waals surface area (Å²) >= 11 is 0. The zero-order chi connectivity index (χ0) is 15.3. The zero-order valence-corrected chi connectivity index (χ0v) is 12.2. The van der Waals surface area contributed by atoms with Gasteiger partial charge in [0.15, 0.2) is 4.90 Å². The Morgan fingerprint density at radius 2 is 2.10 bits per heavy atom. The smallest absolute Gasteiger partial charge is 0.313 e. The lowest BCUT2D eigenvalue weighted by atomic mass is 10.3. The zero-order valence-electron chi connectivity index (χ0n) is 11.4. The highest BCUT2D eigenvalue weighted by atomic mass is 32.2. The predicted octanol–water partition coefficient (Wildman–Crippen LogP) is 1.30. The van der Waals surface area contributed by atoms with E-state index in [4.69, 9.17) is 5.84 Å². The molecular weight excluding hydrogens is 284 g/mol. The standard InChI is InChI=1S/C11H18N4O4S/c1-3-4-8-14(2)20(18,19)10-7-5-6-9(13-12)11(10)15(16)17/h5-7,13H,3-4,8,12H2,1-2H3. The molecule has 0 saturated heterocycles. The van der Waals surface area contributed by atoms with Crippen molar-refractivity contribution in [3.05, 3.63) is 28.3 Å². The van der Waals surface area contributed by atoms with Crippen LogP contribution in [-0.2, 0) is 10.0 Å². The van der Waals surface area contributed by atoms with Crippen LogP contribution >= 0.6 is 0 Å². The molecule has 0 bridgehead atoms. The van der Waals surface area contributed by atoms with Crippen LogP contribution in [0.25, 0.3) is 0 Å². The van der Waals surface area contributed by atoms with Crippen LogP contribution in [0.4, 0.5) is 11.4 Å². The monoisotopic (exact) mass is 302 g/mol. The van der Waals surface area contributed by atoms with Gasteiger partial charge in [-0.2, -0.15) is 0 Å². The third kappa shape index (κ3) is 3.24. The first-order valence-electron chi connectivity index (χ1n) is 6.06. The van der Waals surface area contributed by atoms with Crippen molar-refractivity contribution in [1.82, 2.24) is 4.31 Å². The van der Waals surface area contributed by atoms with E-state index in [-0.39, 0.29) is 10.6 Å². The Morgan fingerprint density at radius 3 is 2.60 bits per heavy atom. The number of rotatable bonds is 7. The summed E-state index contributed by atoms with van der Waals surface area (Å²) in [5.41, 5.74) is 1.56. The molecule has 0 heterocycles. The van der Waals surface area contributed by atoms with Crippen molar-refractivity contribution < 1.29 is 13.3 Å². The molecule has 8 nitrogen and oxygen atoms in total. The van der Waals surface area contributed by atoms with E-state index in [0.717, 1.165) is 10.7 Å². The van der Waals surface area contributed by atoms with Crippen molar-refractivity contribution in [3.63, 3.8) is 0 Å². The highest BCUT2D eigenvalue weighted by Gasteiger charge is 2.31. The van der Waals surface area contributed by atoms with Crippen LogP contribution < -0.4 is 11.3 Å². The van der Waals surface area contributed by atoms with Crippen LogP contribution in [0.2, 0.25) is 0 Å². The number of nitro benzene ring substituents is 1. The van der Waals surface area contributed by atoms with Gasteiger partial charge in [0.2, 0.25) is 10.0 Å². The summed E-state index contributed by atoms with van der Waals surface area (Å²) < 4.78 is 25.9. The Morgan fingerprint density at radius 1 is 1.45 bits per heavy atom. The first-order valence-corrected chi connectivity index (χ1v) is 7.50. The Balaban J connectivity index is 3.35. The van der Waals surface area contributed by atoms with Crippen LogP contribution in [0.15, 0.2) is 23.1 Å². The molecule has 0 saturated carbocycles. The SMILES string of the molecule is CCCCN(C)S(=O)(=O)c1cccc(NN)c1[N+](=O)[O-]. The molecule has 0 aliphatic rings.